The third-order valence-corrected chi connectivity index (χ3v) is 4.06. The third kappa shape index (κ3) is 3.50. The molecule has 5 nitrogen and oxygen atoms in total. The molecule has 2 unspecified atom stereocenters. The number of halogens is 4. The predicted octanol–water partition coefficient (Wildman–Crippen LogP) is 3.90. The Morgan fingerprint density at radius 1 is 1.38 bits per heavy atom. The smallest absolute Gasteiger partial charge is 0.430 e. The maximum absolute atomic E-state index is 13.1. The van der Waals surface area contributed by atoms with Crippen LogP contribution in [0.4, 0.5) is 13.2 Å². The maximum atomic E-state index is 13.1. The number of ether oxygens (including phenoxy) is 2. The van der Waals surface area contributed by atoms with E-state index in [1.165, 1.54) is 12.1 Å². The molecule has 2 heterocycles. The fraction of sp³-hybridized carbons (Fsp3) is 0.235. The van der Waals surface area contributed by atoms with E-state index in [-0.39, 0.29) is 22.1 Å². The highest BCUT2D eigenvalue weighted by Gasteiger charge is 2.48. The van der Waals surface area contributed by atoms with Gasteiger partial charge in [0.25, 0.3) is 0 Å². The average molecular weight is 388 g/mol. The van der Waals surface area contributed by atoms with Crippen LogP contribution < -0.4 is 14.8 Å². The van der Waals surface area contributed by atoms with E-state index in [9.17, 15) is 18.0 Å². The number of aliphatic carboxylic acids is 1. The monoisotopic (exact) mass is 387 g/mol. The maximum Gasteiger partial charge on any atom is 0.430 e. The largest absolute Gasteiger partial charge is 0.478 e. The van der Waals surface area contributed by atoms with Gasteiger partial charge in [0.2, 0.25) is 6.10 Å². The Bertz CT molecular complexity index is 847. The van der Waals surface area contributed by atoms with Crippen molar-refractivity contribution in [1.82, 2.24) is 5.32 Å². The molecule has 26 heavy (non-hydrogen) atoms. The molecule has 9 heteroatoms. The number of carboxylic acid groups (broad SMARTS) is 1. The van der Waals surface area contributed by atoms with Crippen LogP contribution in [0, 0.1) is 0 Å². The van der Waals surface area contributed by atoms with Crippen LogP contribution in [0.1, 0.15) is 12.5 Å². The fourth-order valence-corrected chi connectivity index (χ4v) is 2.75. The first-order valence-corrected chi connectivity index (χ1v) is 7.80. The fourth-order valence-electron chi connectivity index (χ4n) is 2.54. The molecule has 3 rings (SSSR count). The molecular formula is C17H13ClF3NO4. The van der Waals surface area contributed by atoms with Crippen molar-refractivity contribution in [3.8, 4) is 11.5 Å². The molecule has 0 bridgehead atoms. The topological polar surface area (TPSA) is 67.8 Å². The number of dihydropyridines is 1. The number of benzene rings is 1. The molecule has 1 aromatic carbocycles. The number of rotatable bonds is 3. The number of alkyl halides is 3. The summed E-state index contributed by atoms with van der Waals surface area (Å²) in [7, 11) is 0. The first-order valence-electron chi connectivity index (χ1n) is 7.42. The molecular weight excluding hydrogens is 375 g/mol. The molecule has 2 N–H and O–H groups in total. The summed E-state index contributed by atoms with van der Waals surface area (Å²) in [5.41, 5.74) is -1.74. The Morgan fingerprint density at radius 3 is 2.69 bits per heavy atom. The lowest BCUT2D eigenvalue weighted by Crippen LogP contribution is -2.44. The van der Waals surface area contributed by atoms with Gasteiger partial charge in [-0.1, -0.05) is 17.7 Å². The van der Waals surface area contributed by atoms with E-state index in [2.05, 4.69) is 5.32 Å². The van der Waals surface area contributed by atoms with Crippen molar-refractivity contribution in [1.29, 1.82) is 0 Å². The van der Waals surface area contributed by atoms with Crippen LogP contribution in [0.3, 0.4) is 0 Å². The Balaban J connectivity index is 1.99. The minimum atomic E-state index is -4.88. The van der Waals surface area contributed by atoms with Crippen molar-refractivity contribution >= 4 is 23.6 Å². The van der Waals surface area contributed by atoms with Gasteiger partial charge in [-0.2, -0.15) is 13.2 Å². The van der Waals surface area contributed by atoms with Gasteiger partial charge >= 0.3 is 12.1 Å². The highest BCUT2D eigenvalue weighted by molar-refractivity contribution is 6.32. The molecule has 0 saturated carbocycles. The third-order valence-electron chi connectivity index (χ3n) is 3.76. The van der Waals surface area contributed by atoms with Crippen LogP contribution in [0.15, 0.2) is 42.1 Å². The van der Waals surface area contributed by atoms with Crippen molar-refractivity contribution in [2.45, 2.75) is 24.9 Å². The zero-order valence-corrected chi connectivity index (χ0v) is 14.1. The molecule has 2 aliphatic heterocycles. The normalized spacial score (nSPS) is 24.2. The van der Waals surface area contributed by atoms with Crippen LogP contribution >= 0.6 is 11.6 Å². The molecule has 0 spiro atoms. The molecule has 2 atom stereocenters. The molecule has 0 amide bonds. The Labute approximate surface area is 151 Å². The predicted molar refractivity (Wildman–Crippen MR) is 88.0 cm³/mol. The number of carboxylic acids is 1. The summed E-state index contributed by atoms with van der Waals surface area (Å²) in [6.07, 6.45) is 0.267. The van der Waals surface area contributed by atoms with E-state index in [1.807, 2.05) is 0 Å². The Morgan fingerprint density at radius 2 is 2.12 bits per heavy atom. The van der Waals surface area contributed by atoms with E-state index in [0.717, 1.165) is 6.08 Å². The molecule has 2 aliphatic rings. The first-order chi connectivity index (χ1) is 12.1. The van der Waals surface area contributed by atoms with Crippen LogP contribution in [0.2, 0.25) is 5.02 Å². The summed E-state index contributed by atoms with van der Waals surface area (Å²) in [6.45, 7) is 1.70. The molecule has 1 aromatic rings. The number of hydrogen-bond acceptors (Lipinski definition) is 4. The van der Waals surface area contributed by atoms with E-state index in [1.54, 1.807) is 31.4 Å². The molecule has 138 valence electrons. The lowest BCUT2D eigenvalue weighted by atomic mass is 10.0. The second kappa shape index (κ2) is 6.28. The molecule has 0 radical (unpaired) electrons. The van der Waals surface area contributed by atoms with Gasteiger partial charge < -0.3 is 19.9 Å². The minimum absolute atomic E-state index is 0.0912. The summed E-state index contributed by atoms with van der Waals surface area (Å²) < 4.78 is 50.1. The summed E-state index contributed by atoms with van der Waals surface area (Å²) in [5, 5.41) is 12.1. The van der Waals surface area contributed by atoms with E-state index in [4.69, 9.17) is 26.2 Å². The quantitative estimate of drug-likeness (QED) is 0.823. The summed E-state index contributed by atoms with van der Waals surface area (Å²) >= 11 is 6.15. The van der Waals surface area contributed by atoms with Gasteiger partial charge in [0, 0.05) is 17.8 Å². The van der Waals surface area contributed by atoms with E-state index < -0.39 is 29.5 Å². The molecule has 0 aliphatic carbocycles. The van der Waals surface area contributed by atoms with Crippen molar-refractivity contribution in [2.24, 2.45) is 0 Å². The summed E-state index contributed by atoms with van der Waals surface area (Å²) in [4.78, 5) is 11.1. The highest BCUT2D eigenvalue weighted by atomic mass is 35.5. The van der Waals surface area contributed by atoms with Gasteiger partial charge in [0.05, 0.1) is 10.6 Å². The number of hydrogen-bond donors (Lipinski definition) is 2. The van der Waals surface area contributed by atoms with Gasteiger partial charge in [-0.15, -0.1) is 0 Å². The Kier molecular flexibility index (Phi) is 4.39. The zero-order chi connectivity index (χ0) is 19.1. The second-order valence-electron chi connectivity index (χ2n) is 5.84. The Hall–Kier alpha value is -2.61. The molecule has 0 aromatic heterocycles. The molecule has 0 saturated heterocycles. The van der Waals surface area contributed by atoms with E-state index in [0.29, 0.717) is 0 Å². The van der Waals surface area contributed by atoms with Gasteiger partial charge in [-0.05, 0) is 31.2 Å². The first kappa shape index (κ1) is 18.2. The number of fused-ring (bicyclic) bond motifs is 1. The number of allylic oxidation sites excluding steroid dienone is 2. The van der Waals surface area contributed by atoms with Crippen LogP contribution in [0.25, 0.3) is 6.08 Å². The summed E-state index contributed by atoms with van der Waals surface area (Å²) in [5.74, 6) is -1.80. The van der Waals surface area contributed by atoms with Gasteiger partial charge in [-0.25, -0.2) is 4.79 Å². The second-order valence-corrected chi connectivity index (χ2v) is 6.24. The number of nitrogens with one attached hydrogen (secondary N) is 1. The van der Waals surface area contributed by atoms with Crippen LogP contribution in [-0.2, 0) is 4.79 Å². The van der Waals surface area contributed by atoms with Gasteiger partial charge in [0.1, 0.15) is 11.5 Å². The van der Waals surface area contributed by atoms with Crippen molar-refractivity contribution in [3.63, 3.8) is 0 Å². The molecule has 0 fully saturated rings. The highest BCUT2D eigenvalue weighted by Crippen LogP contribution is 2.42. The van der Waals surface area contributed by atoms with E-state index >= 15 is 0 Å². The number of carbonyl (C=O) groups is 1. The van der Waals surface area contributed by atoms with Crippen molar-refractivity contribution in [2.75, 3.05) is 0 Å². The average Bonchev–Trinajstić information content (AvgIpc) is 2.54. The zero-order valence-electron chi connectivity index (χ0n) is 13.3. The van der Waals surface area contributed by atoms with Crippen LogP contribution in [-0.4, -0.2) is 29.1 Å². The van der Waals surface area contributed by atoms with Crippen molar-refractivity contribution in [3.05, 3.63) is 52.7 Å². The van der Waals surface area contributed by atoms with Crippen LogP contribution in [0.5, 0.6) is 11.5 Å². The minimum Gasteiger partial charge on any atom is -0.478 e. The van der Waals surface area contributed by atoms with Gasteiger partial charge in [0.15, 0.2) is 5.72 Å². The lowest BCUT2D eigenvalue weighted by Gasteiger charge is -2.31. The lowest BCUT2D eigenvalue weighted by molar-refractivity contribution is -0.187. The van der Waals surface area contributed by atoms with Crippen molar-refractivity contribution < 1.29 is 32.5 Å². The van der Waals surface area contributed by atoms with Gasteiger partial charge in [-0.3, -0.25) is 0 Å². The summed E-state index contributed by atoms with van der Waals surface area (Å²) in [6, 6.07) is 2.51. The standard InChI is InChI=1S/C17H13ClF3NO4/c1-16(4-2-3-5-22-16)26-13-8-12-9(7-11(13)18)6-10(15(23)24)14(25-12)17(19,20)21/h2-8,14,22H,1H3,(H,23,24). The SMILES string of the molecule is CC1(Oc2cc3c(cc2Cl)C=C(C(=O)O)C(C(F)(F)F)O3)C=CC=CN1.